The van der Waals surface area contributed by atoms with Gasteiger partial charge in [0.15, 0.2) is 0 Å². The third-order valence-corrected chi connectivity index (χ3v) is 7.56. The van der Waals surface area contributed by atoms with Crippen LogP contribution in [0.5, 0.6) is 5.75 Å². The summed E-state index contributed by atoms with van der Waals surface area (Å²) in [5.74, 6) is -0.220. The molecule has 214 valence electrons. The second kappa shape index (κ2) is 11.2. The van der Waals surface area contributed by atoms with Crippen LogP contribution in [0.1, 0.15) is 41.8 Å². The van der Waals surface area contributed by atoms with Gasteiger partial charge in [0, 0.05) is 59.6 Å². The summed E-state index contributed by atoms with van der Waals surface area (Å²) in [6.45, 7) is -1.20. The van der Waals surface area contributed by atoms with Crippen LogP contribution in [0.25, 0.3) is 10.9 Å². The van der Waals surface area contributed by atoms with Gasteiger partial charge in [0.25, 0.3) is 0 Å². The average Bonchev–Trinajstić information content (AvgIpc) is 3.22. The number of rotatable bonds is 9. The van der Waals surface area contributed by atoms with Crippen molar-refractivity contribution >= 4 is 16.6 Å². The van der Waals surface area contributed by atoms with E-state index in [1.54, 1.807) is 31.2 Å². The second-order valence-electron chi connectivity index (χ2n) is 10.4. The molecule has 3 aromatic rings. The van der Waals surface area contributed by atoms with E-state index >= 15 is 0 Å². The topological polar surface area (TPSA) is 67.3 Å². The van der Waals surface area contributed by atoms with E-state index in [1.807, 2.05) is 0 Å². The Balaban J connectivity index is 1.55. The van der Waals surface area contributed by atoms with Gasteiger partial charge in [-0.05, 0) is 43.5 Å². The summed E-state index contributed by atoms with van der Waals surface area (Å²) in [6.07, 6.45) is -3.79. The third-order valence-electron chi connectivity index (χ3n) is 7.56. The van der Waals surface area contributed by atoms with E-state index in [0.29, 0.717) is 54.9 Å². The number of likely N-dealkylation sites (tertiary alicyclic amines) is 1. The van der Waals surface area contributed by atoms with Gasteiger partial charge in [-0.3, -0.25) is 14.2 Å². The van der Waals surface area contributed by atoms with Crippen molar-refractivity contribution in [3.05, 3.63) is 58.8 Å². The molecule has 2 aliphatic heterocycles. The average molecular weight is 566 g/mol. The lowest BCUT2D eigenvalue weighted by Gasteiger charge is -2.42. The van der Waals surface area contributed by atoms with E-state index in [9.17, 15) is 31.6 Å². The van der Waals surface area contributed by atoms with Crippen LogP contribution in [0.15, 0.2) is 36.4 Å². The van der Waals surface area contributed by atoms with Crippen molar-refractivity contribution in [3.8, 4) is 11.8 Å². The van der Waals surface area contributed by atoms with Gasteiger partial charge in [0.2, 0.25) is 0 Å². The Morgan fingerprint density at radius 1 is 1.18 bits per heavy atom. The molecule has 1 fully saturated rings. The number of aromatic amines is 1. The van der Waals surface area contributed by atoms with E-state index in [-0.39, 0.29) is 17.4 Å². The van der Waals surface area contributed by atoms with E-state index in [2.05, 4.69) is 21.3 Å². The summed E-state index contributed by atoms with van der Waals surface area (Å²) >= 11 is 0. The Hall–Kier alpha value is -3.43. The van der Waals surface area contributed by atoms with Gasteiger partial charge < -0.3 is 15.0 Å². The predicted octanol–water partition coefficient (Wildman–Crippen LogP) is 5.99. The van der Waals surface area contributed by atoms with Gasteiger partial charge in [-0.25, -0.2) is 0 Å². The first-order valence-corrected chi connectivity index (χ1v) is 13.1. The Morgan fingerprint density at radius 2 is 1.95 bits per heavy atom. The largest absolute Gasteiger partial charge is 0.434 e. The maximum Gasteiger partial charge on any atom is 0.401 e. The zero-order valence-electron chi connectivity index (χ0n) is 21.7. The van der Waals surface area contributed by atoms with E-state index in [1.165, 1.54) is 17.0 Å². The monoisotopic (exact) mass is 565 g/mol. The molecule has 2 N–H and O–H groups in total. The lowest BCUT2D eigenvalue weighted by Crippen LogP contribution is -2.54. The van der Waals surface area contributed by atoms with Crippen LogP contribution in [-0.4, -0.2) is 72.5 Å². The van der Waals surface area contributed by atoms with Crippen molar-refractivity contribution in [1.82, 2.24) is 14.8 Å². The molecule has 2 aromatic carbocycles. The molecule has 0 amide bonds. The van der Waals surface area contributed by atoms with Gasteiger partial charge in [0.05, 0.1) is 36.9 Å². The SMILES string of the molecule is CC1Cc2c([nH]c3cc(C#N)ccc23)C(c2ccc(NC3CN(CCCF)C3)cc2OC(F)F)N1CC(F)(F)F. The molecular weight excluding hydrogens is 536 g/mol. The Kier molecular flexibility index (Phi) is 7.88. The third kappa shape index (κ3) is 5.86. The highest BCUT2D eigenvalue weighted by Gasteiger charge is 2.43. The number of halogens is 6. The van der Waals surface area contributed by atoms with Crippen LogP contribution in [-0.2, 0) is 6.42 Å². The summed E-state index contributed by atoms with van der Waals surface area (Å²) in [4.78, 5) is 6.51. The molecule has 2 aliphatic rings. The molecule has 12 heteroatoms. The van der Waals surface area contributed by atoms with Crippen molar-refractivity contribution in [2.45, 2.75) is 50.7 Å². The fourth-order valence-electron chi connectivity index (χ4n) is 5.83. The number of nitriles is 1. The number of hydrogen-bond acceptors (Lipinski definition) is 5. The number of anilines is 1. The van der Waals surface area contributed by atoms with Crippen molar-refractivity contribution in [2.24, 2.45) is 0 Å². The van der Waals surface area contributed by atoms with Gasteiger partial charge >= 0.3 is 12.8 Å². The zero-order chi connectivity index (χ0) is 28.6. The minimum absolute atomic E-state index is 0.0240. The van der Waals surface area contributed by atoms with Gasteiger partial charge in [-0.15, -0.1) is 0 Å². The Labute approximate surface area is 227 Å². The fourth-order valence-corrected chi connectivity index (χ4v) is 5.83. The molecule has 1 aromatic heterocycles. The molecule has 0 radical (unpaired) electrons. The Morgan fingerprint density at radius 3 is 2.62 bits per heavy atom. The highest BCUT2D eigenvalue weighted by atomic mass is 19.4. The molecule has 5 rings (SSSR count). The van der Waals surface area contributed by atoms with Crippen molar-refractivity contribution in [2.75, 3.05) is 38.2 Å². The molecule has 3 heterocycles. The molecule has 0 saturated carbocycles. The molecule has 2 atom stereocenters. The smallest absolute Gasteiger partial charge is 0.401 e. The molecule has 1 saturated heterocycles. The summed E-state index contributed by atoms with van der Waals surface area (Å²) in [5, 5.41) is 13.3. The van der Waals surface area contributed by atoms with Gasteiger partial charge in [0.1, 0.15) is 5.75 Å². The molecule has 0 bridgehead atoms. The quantitative estimate of drug-likeness (QED) is 0.312. The van der Waals surface area contributed by atoms with Crippen LogP contribution in [0.2, 0.25) is 0 Å². The van der Waals surface area contributed by atoms with Crippen LogP contribution >= 0.6 is 0 Å². The molecule has 6 nitrogen and oxygen atoms in total. The minimum Gasteiger partial charge on any atom is -0.434 e. The predicted molar refractivity (Wildman–Crippen MR) is 138 cm³/mol. The lowest BCUT2D eigenvalue weighted by atomic mass is 9.88. The fraction of sp³-hybridized carbons (Fsp3) is 0.464. The number of alkyl halides is 6. The molecule has 0 aliphatic carbocycles. The van der Waals surface area contributed by atoms with Crippen molar-refractivity contribution in [1.29, 1.82) is 5.26 Å². The number of nitrogens with zero attached hydrogens (tertiary/aromatic N) is 3. The first-order valence-electron chi connectivity index (χ1n) is 13.1. The van der Waals surface area contributed by atoms with Gasteiger partial charge in [-0.2, -0.15) is 27.2 Å². The minimum atomic E-state index is -4.53. The number of nitrogens with one attached hydrogen (secondary N) is 2. The molecular formula is C28H29F6N5O. The number of fused-ring (bicyclic) bond motifs is 3. The summed E-state index contributed by atoms with van der Waals surface area (Å²) in [5.41, 5.74) is 2.88. The normalized spacial score (nSPS) is 20.4. The van der Waals surface area contributed by atoms with E-state index in [4.69, 9.17) is 4.74 Å². The highest BCUT2D eigenvalue weighted by molar-refractivity contribution is 5.86. The molecule has 0 spiro atoms. The van der Waals surface area contributed by atoms with Crippen molar-refractivity contribution < 1.29 is 31.1 Å². The van der Waals surface area contributed by atoms with Gasteiger partial charge in [-0.1, -0.05) is 12.1 Å². The van der Waals surface area contributed by atoms with Crippen LogP contribution in [0, 0.1) is 11.3 Å². The molecule has 2 unspecified atom stereocenters. The first kappa shape index (κ1) is 28.1. The number of ether oxygens (including phenoxy) is 1. The Bertz CT molecular complexity index is 1390. The number of H-pyrrole nitrogens is 1. The zero-order valence-corrected chi connectivity index (χ0v) is 21.7. The number of aromatic nitrogens is 1. The summed E-state index contributed by atoms with van der Waals surface area (Å²) < 4.78 is 85.8. The highest BCUT2D eigenvalue weighted by Crippen LogP contribution is 2.45. The number of benzene rings is 2. The number of hydrogen-bond donors (Lipinski definition) is 2. The van der Waals surface area contributed by atoms with Crippen LogP contribution < -0.4 is 10.1 Å². The summed E-state index contributed by atoms with van der Waals surface area (Å²) in [6, 6.07) is 10.1. The van der Waals surface area contributed by atoms with Crippen LogP contribution in [0.4, 0.5) is 32.0 Å². The maximum atomic E-state index is 13.8. The maximum absolute atomic E-state index is 13.8. The van der Waals surface area contributed by atoms with Crippen LogP contribution in [0.3, 0.4) is 0 Å². The summed E-state index contributed by atoms with van der Waals surface area (Å²) in [7, 11) is 0. The van der Waals surface area contributed by atoms with E-state index < -0.39 is 38.1 Å². The van der Waals surface area contributed by atoms with Crippen molar-refractivity contribution in [3.63, 3.8) is 0 Å². The van der Waals surface area contributed by atoms with E-state index in [0.717, 1.165) is 10.9 Å². The molecule has 40 heavy (non-hydrogen) atoms. The lowest BCUT2D eigenvalue weighted by molar-refractivity contribution is -0.155. The second-order valence-corrected chi connectivity index (χ2v) is 10.4. The first-order chi connectivity index (χ1) is 19.1. The standard InChI is InChI=1S/C28H29F6N5O/c1-16-9-22-20-5-3-17(12-35)10-23(20)37-25(22)26(39(16)15-28(32,33)34)21-6-4-18(11-24(21)40-27(30)31)36-19-13-38(14-19)8-2-7-29/h3-6,10-11,16,19,26-27,36-37H,2,7-9,13-15H2,1H3.